The number of unbranched alkanes of at least 4 members (excludes halogenated alkanes) is 1. The van der Waals surface area contributed by atoms with Crippen LogP contribution in [0.25, 0.3) is 0 Å². The van der Waals surface area contributed by atoms with Gasteiger partial charge in [0, 0.05) is 19.6 Å². The minimum Gasteiger partial charge on any atom is -0.481 e. The fourth-order valence-corrected chi connectivity index (χ4v) is 2.76. The maximum atomic E-state index is 11.5. The van der Waals surface area contributed by atoms with E-state index in [-0.39, 0.29) is 13.1 Å². The molecule has 0 aromatic rings. The summed E-state index contributed by atoms with van der Waals surface area (Å²) in [6.45, 7) is 2.40. The first kappa shape index (κ1) is 12.4. The molecule has 0 aliphatic carbocycles. The first-order valence-electron chi connectivity index (χ1n) is 4.95. The van der Waals surface area contributed by atoms with Crippen LogP contribution in [0.1, 0.15) is 19.8 Å². The molecule has 1 aliphatic heterocycles. The largest absolute Gasteiger partial charge is 0.481 e. The van der Waals surface area contributed by atoms with Crippen LogP contribution in [-0.4, -0.2) is 43.4 Å². The monoisotopic (exact) mass is 236 g/mol. The Hall–Kier alpha value is -0.660. The van der Waals surface area contributed by atoms with Gasteiger partial charge in [0.2, 0.25) is 0 Å². The van der Waals surface area contributed by atoms with E-state index in [4.69, 9.17) is 5.11 Å². The molecule has 1 heterocycles. The Bertz CT molecular complexity index is 328. The van der Waals surface area contributed by atoms with Crippen molar-refractivity contribution in [2.24, 2.45) is 5.92 Å². The summed E-state index contributed by atoms with van der Waals surface area (Å²) in [6, 6.07) is 0. The summed E-state index contributed by atoms with van der Waals surface area (Å²) in [5.74, 6) is -1.61. The van der Waals surface area contributed by atoms with E-state index in [1.54, 1.807) is 0 Å². The Morgan fingerprint density at radius 3 is 2.80 bits per heavy atom. The van der Waals surface area contributed by atoms with E-state index in [0.717, 1.165) is 12.8 Å². The minimum absolute atomic E-state index is 0.0136. The van der Waals surface area contributed by atoms with Crippen LogP contribution in [0.2, 0.25) is 0 Å². The second-order valence-electron chi connectivity index (χ2n) is 3.60. The van der Waals surface area contributed by atoms with Gasteiger partial charge in [0.15, 0.2) is 0 Å². The second kappa shape index (κ2) is 4.91. The Kier molecular flexibility index (Phi) is 4.06. The highest BCUT2D eigenvalue weighted by molar-refractivity contribution is 7.87. The predicted molar refractivity (Wildman–Crippen MR) is 54.5 cm³/mol. The molecule has 0 aromatic carbocycles. The number of nitrogens with one attached hydrogen (secondary N) is 1. The summed E-state index contributed by atoms with van der Waals surface area (Å²) in [5, 5.41) is 8.79. The molecule has 0 amide bonds. The van der Waals surface area contributed by atoms with Gasteiger partial charge < -0.3 is 5.11 Å². The van der Waals surface area contributed by atoms with Crippen molar-refractivity contribution in [2.75, 3.05) is 19.6 Å². The molecule has 1 unspecified atom stereocenters. The van der Waals surface area contributed by atoms with E-state index in [2.05, 4.69) is 4.72 Å². The SMILES string of the molecule is CCCCN1CC(C(=O)O)CNS1(=O)=O. The van der Waals surface area contributed by atoms with Crippen molar-refractivity contribution in [3.63, 3.8) is 0 Å². The Morgan fingerprint density at radius 1 is 1.60 bits per heavy atom. The summed E-state index contributed by atoms with van der Waals surface area (Å²) < 4.78 is 26.4. The molecule has 15 heavy (non-hydrogen) atoms. The third kappa shape index (κ3) is 3.15. The summed E-state index contributed by atoms with van der Waals surface area (Å²) >= 11 is 0. The molecule has 1 atom stereocenters. The quantitative estimate of drug-likeness (QED) is 0.697. The van der Waals surface area contributed by atoms with E-state index in [0.29, 0.717) is 6.54 Å². The Balaban J connectivity index is 2.66. The predicted octanol–water partition coefficient (Wildman–Crippen LogP) is -0.363. The first-order valence-corrected chi connectivity index (χ1v) is 6.39. The zero-order valence-corrected chi connectivity index (χ0v) is 9.46. The van der Waals surface area contributed by atoms with E-state index in [1.807, 2.05) is 6.92 Å². The number of carboxylic acid groups (broad SMARTS) is 1. The fourth-order valence-electron chi connectivity index (χ4n) is 1.42. The van der Waals surface area contributed by atoms with Crippen LogP contribution in [0.3, 0.4) is 0 Å². The molecule has 1 saturated heterocycles. The molecule has 6 nitrogen and oxygen atoms in total. The van der Waals surface area contributed by atoms with Crippen LogP contribution in [0.4, 0.5) is 0 Å². The van der Waals surface area contributed by atoms with Gasteiger partial charge in [-0.05, 0) is 6.42 Å². The van der Waals surface area contributed by atoms with Crippen molar-refractivity contribution >= 4 is 16.2 Å². The lowest BCUT2D eigenvalue weighted by Gasteiger charge is -2.30. The van der Waals surface area contributed by atoms with Crippen molar-refractivity contribution in [1.82, 2.24) is 9.03 Å². The molecule has 2 N–H and O–H groups in total. The minimum atomic E-state index is -3.44. The summed E-state index contributed by atoms with van der Waals surface area (Å²) in [4.78, 5) is 10.7. The van der Waals surface area contributed by atoms with Crippen LogP contribution >= 0.6 is 0 Å². The van der Waals surface area contributed by atoms with Gasteiger partial charge in [0.1, 0.15) is 0 Å². The van der Waals surface area contributed by atoms with Crippen molar-refractivity contribution in [1.29, 1.82) is 0 Å². The molecule has 0 bridgehead atoms. The van der Waals surface area contributed by atoms with Gasteiger partial charge in [0.25, 0.3) is 10.2 Å². The molecule has 1 aliphatic rings. The third-order valence-corrected chi connectivity index (χ3v) is 3.93. The number of carbonyl (C=O) groups is 1. The van der Waals surface area contributed by atoms with Gasteiger partial charge in [-0.15, -0.1) is 0 Å². The van der Waals surface area contributed by atoms with Crippen LogP contribution < -0.4 is 4.72 Å². The van der Waals surface area contributed by atoms with Crippen LogP contribution in [0, 0.1) is 5.92 Å². The standard InChI is InChI=1S/C8H16N2O4S/c1-2-3-4-10-6-7(8(11)12)5-9-15(10,13)14/h7,9H,2-6H2,1H3,(H,11,12). The highest BCUT2D eigenvalue weighted by Gasteiger charge is 2.33. The van der Waals surface area contributed by atoms with Gasteiger partial charge in [-0.2, -0.15) is 12.7 Å². The molecular weight excluding hydrogens is 220 g/mol. The number of hydrogen-bond donors (Lipinski definition) is 2. The zero-order chi connectivity index (χ0) is 11.5. The molecular formula is C8H16N2O4S. The lowest BCUT2D eigenvalue weighted by atomic mass is 10.1. The maximum absolute atomic E-state index is 11.5. The molecule has 0 spiro atoms. The number of rotatable bonds is 4. The van der Waals surface area contributed by atoms with Crippen LogP contribution in [0.5, 0.6) is 0 Å². The molecule has 0 saturated carbocycles. The molecule has 1 fully saturated rings. The van der Waals surface area contributed by atoms with E-state index in [9.17, 15) is 13.2 Å². The lowest BCUT2D eigenvalue weighted by molar-refractivity contribution is -0.141. The molecule has 88 valence electrons. The smallest absolute Gasteiger partial charge is 0.309 e. The van der Waals surface area contributed by atoms with Gasteiger partial charge >= 0.3 is 5.97 Å². The Labute approximate surface area is 89.4 Å². The van der Waals surface area contributed by atoms with E-state index < -0.39 is 22.1 Å². The molecule has 1 rings (SSSR count). The van der Waals surface area contributed by atoms with Crippen molar-refractivity contribution in [2.45, 2.75) is 19.8 Å². The number of carboxylic acids is 1. The summed E-state index contributed by atoms with van der Waals surface area (Å²) in [6.07, 6.45) is 1.62. The highest BCUT2D eigenvalue weighted by Crippen LogP contribution is 2.12. The average Bonchev–Trinajstić information content (AvgIpc) is 2.15. The summed E-state index contributed by atoms with van der Waals surface area (Å²) in [7, 11) is -3.44. The van der Waals surface area contributed by atoms with Gasteiger partial charge in [-0.25, -0.2) is 4.72 Å². The topological polar surface area (TPSA) is 86.7 Å². The second-order valence-corrected chi connectivity index (χ2v) is 5.36. The lowest BCUT2D eigenvalue weighted by Crippen LogP contribution is -2.53. The Morgan fingerprint density at radius 2 is 2.27 bits per heavy atom. The van der Waals surface area contributed by atoms with Crippen LogP contribution in [-0.2, 0) is 15.0 Å². The van der Waals surface area contributed by atoms with Crippen molar-refractivity contribution in [3.8, 4) is 0 Å². The van der Waals surface area contributed by atoms with E-state index >= 15 is 0 Å². The van der Waals surface area contributed by atoms with Gasteiger partial charge in [0.05, 0.1) is 5.92 Å². The average molecular weight is 236 g/mol. The van der Waals surface area contributed by atoms with Gasteiger partial charge in [-0.1, -0.05) is 13.3 Å². The normalized spacial score (nSPS) is 26.3. The first-order chi connectivity index (χ1) is 6.97. The van der Waals surface area contributed by atoms with E-state index in [1.165, 1.54) is 4.31 Å². The molecule has 0 radical (unpaired) electrons. The molecule has 7 heteroatoms. The van der Waals surface area contributed by atoms with Crippen molar-refractivity contribution < 1.29 is 18.3 Å². The zero-order valence-electron chi connectivity index (χ0n) is 8.64. The number of hydrogen-bond acceptors (Lipinski definition) is 3. The molecule has 0 aromatic heterocycles. The number of aliphatic carboxylic acids is 1. The van der Waals surface area contributed by atoms with Crippen molar-refractivity contribution in [3.05, 3.63) is 0 Å². The summed E-state index contributed by atoms with van der Waals surface area (Å²) in [5.41, 5.74) is 0. The van der Waals surface area contributed by atoms with Gasteiger partial charge in [-0.3, -0.25) is 4.79 Å². The maximum Gasteiger partial charge on any atom is 0.309 e. The fraction of sp³-hybridized carbons (Fsp3) is 0.875. The van der Waals surface area contributed by atoms with Crippen LogP contribution in [0.15, 0.2) is 0 Å². The number of nitrogens with zero attached hydrogens (tertiary/aromatic N) is 1. The third-order valence-electron chi connectivity index (χ3n) is 2.39. The highest BCUT2D eigenvalue weighted by atomic mass is 32.2.